The molecule has 94 valence electrons. The lowest BCUT2D eigenvalue weighted by molar-refractivity contribution is -0.161. The minimum atomic E-state index is -3.20. The van der Waals surface area contributed by atoms with Crippen molar-refractivity contribution in [3.63, 3.8) is 0 Å². The van der Waals surface area contributed by atoms with Gasteiger partial charge in [0.25, 0.3) is 0 Å². The maximum Gasteiger partial charge on any atom is 0.343 e. The van der Waals surface area contributed by atoms with Crippen molar-refractivity contribution < 1.29 is 27.4 Å². The maximum absolute atomic E-state index is 13.6. The molecule has 1 fully saturated rings. The third-order valence-electron chi connectivity index (χ3n) is 2.66. The van der Waals surface area contributed by atoms with E-state index in [0.29, 0.717) is 0 Å². The van der Waals surface area contributed by atoms with E-state index >= 15 is 0 Å². The molecule has 1 aliphatic heterocycles. The van der Waals surface area contributed by atoms with Gasteiger partial charge in [0.2, 0.25) is 6.17 Å². The predicted octanol–water partition coefficient (Wildman–Crippen LogP) is -0.173. The van der Waals surface area contributed by atoms with Crippen molar-refractivity contribution in [1.29, 1.82) is 0 Å². The van der Waals surface area contributed by atoms with Gasteiger partial charge in [0.1, 0.15) is 5.60 Å². The molecule has 0 amide bonds. The topological polar surface area (TPSA) is 80.7 Å². The third-order valence-corrected chi connectivity index (χ3v) is 4.31. The molecule has 0 spiro atoms. The quantitative estimate of drug-likeness (QED) is 0.707. The van der Waals surface area contributed by atoms with Crippen LogP contribution in [0.15, 0.2) is 0 Å². The average Bonchev–Trinajstić information content (AvgIpc) is 2.22. The molecule has 0 bridgehead atoms. The number of carbonyl (C=O) groups excluding carboxylic acids is 1. The second-order valence-electron chi connectivity index (χ2n) is 3.87. The molecule has 1 atom stereocenters. The smallest absolute Gasteiger partial charge is 0.343 e. The standard InChI is InChI=1S/C9H15FO5S/c1-2-15-8(11)7(10)9(12)3-5-16(13,14)6-4-9/h7,12H,2-6H2,1H3. The molecule has 0 aromatic heterocycles. The first kappa shape index (κ1) is 13.4. The Kier molecular flexibility index (Phi) is 3.90. The Labute approximate surface area is 93.5 Å². The average molecular weight is 254 g/mol. The van der Waals surface area contributed by atoms with Gasteiger partial charge in [0.15, 0.2) is 9.84 Å². The number of hydrogen-bond acceptors (Lipinski definition) is 5. The van der Waals surface area contributed by atoms with Gasteiger partial charge >= 0.3 is 5.97 Å². The van der Waals surface area contributed by atoms with Crippen LogP contribution in [0.4, 0.5) is 4.39 Å². The number of alkyl halides is 1. The van der Waals surface area contributed by atoms with Gasteiger partial charge in [-0.15, -0.1) is 0 Å². The van der Waals surface area contributed by atoms with E-state index in [1.54, 1.807) is 0 Å². The summed E-state index contributed by atoms with van der Waals surface area (Å²) in [6, 6.07) is 0. The second kappa shape index (κ2) is 4.67. The minimum Gasteiger partial charge on any atom is -0.464 e. The Morgan fingerprint density at radius 1 is 1.50 bits per heavy atom. The lowest BCUT2D eigenvalue weighted by Gasteiger charge is -2.33. The number of aliphatic hydroxyl groups is 1. The van der Waals surface area contributed by atoms with Gasteiger partial charge in [-0.1, -0.05) is 0 Å². The lowest BCUT2D eigenvalue weighted by atomic mass is 9.91. The van der Waals surface area contributed by atoms with Gasteiger partial charge in [-0.25, -0.2) is 17.6 Å². The Morgan fingerprint density at radius 3 is 2.44 bits per heavy atom. The van der Waals surface area contributed by atoms with Crippen LogP contribution >= 0.6 is 0 Å². The van der Waals surface area contributed by atoms with Crippen molar-refractivity contribution in [3.05, 3.63) is 0 Å². The van der Waals surface area contributed by atoms with E-state index < -0.39 is 27.6 Å². The molecular weight excluding hydrogens is 239 g/mol. The number of carbonyl (C=O) groups is 1. The van der Waals surface area contributed by atoms with Crippen molar-refractivity contribution in [2.24, 2.45) is 0 Å². The van der Waals surface area contributed by atoms with Crippen molar-refractivity contribution >= 4 is 15.8 Å². The lowest BCUT2D eigenvalue weighted by Crippen LogP contribution is -2.50. The first-order valence-corrected chi connectivity index (χ1v) is 6.86. The molecule has 1 rings (SSSR count). The van der Waals surface area contributed by atoms with Crippen LogP contribution in [-0.2, 0) is 19.4 Å². The van der Waals surface area contributed by atoms with E-state index in [0.717, 1.165) is 0 Å². The fraction of sp³-hybridized carbons (Fsp3) is 0.889. The Balaban J connectivity index is 2.69. The highest BCUT2D eigenvalue weighted by molar-refractivity contribution is 7.91. The minimum absolute atomic E-state index is 0.0215. The van der Waals surface area contributed by atoms with Crippen LogP contribution < -0.4 is 0 Å². The monoisotopic (exact) mass is 254 g/mol. The SMILES string of the molecule is CCOC(=O)C(F)C1(O)CCS(=O)(=O)CC1. The zero-order chi connectivity index (χ0) is 12.4. The van der Waals surface area contributed by atoms with Crippen LogP contribution in [0, 0.1) is 0 Å². The summed E-state index contributed by atoms with van der Waals surface area (Å²) in [5.41, 5.74) is -1.91. The largest absolute Gasteiger partial charge is 0.464 e. The second-order valence-corrected chi connectivity index (χ2v) is 6.17. The highest BCUT2D eigenvalue weighted by Crippen LogP contribution is 2.29. The summed E-state index contributed by atoms with van der Waals surface area (Å²) in [6.45, 7) is 1.55. The van der Waals surface area contributed by atoms with E-state index in [1.165, 1.54) is 6.92 Å². The Morgan fingerprint density at radius 2 is 2.00 bits per heavy atom. The summed E-state index contributed by atoms with van der Waals surface area (Å²) >= 11 is 0. The summed E-state index contributed by atoms with van der Waals surface area (Å²) in [7, 11) is -3.20. The summed E-state index contributed by atoms with van der Waals surface area (Å²) in [5.74, 6) is -1.74. The fourth-order valence-electron chi connectivity index (χ4n) is 1.58. The van der Waals surface area contributed by atoms with Crippen LogP contribution in [0.1, 0.15) is 19.8 Å². The van der Waals surface area contributed by atoms with E-state index in [1.807, 2.05) is 0 Å². The van der Waals surface area contributed by atoms with E-state index in [4.69, 9.17) is 0 Å². The van der Waals surface area contributed by atoms with Gasteiger partial charge in [-0.2, -0.15) is 0 Å². The van der Waals surface area contributed by atoms with Crippen LogP contribution in [-0.4, -0.2) is 49.4 Å². The van der Waals surface area contributed by atoms with Crippen molar-refractivity contribution in [2.75, 3.05) is 18.1 Å². The molecule has 0 aliphatic carbocycles. The first-order chi connectivity index (χ1) is 7.31. The number of esters is 1. The molecule has 5 nitrogen and oxygen atoms in total. The van der Waals surface area contributed by atoms with Gasteiger partial charge in [-0.05, 0) is 19.8 Å². The molecule has 1 unspecified atom stereocenters. The van der Waals surface area contributed by atoms with Gasteiger partial charge in [-0.3, -0.25) is 0 Å². The molecule has 1 N–H and O–H groups in total. The summed E-state index contributed by atoms with van der Waals surface area (Å²) in [5, 5.41) is 9.83. The van der Waals surface area contributed by atoms with Crippen LogP contribution in [0.2, 0.25) is 0 Å². The predicted molar refractivity (Wildman–Crippen MR) is 54.4 cm³/mol. The van der Waals surface area contributed by atoms with E-state index in [-0.39, 0.29) is 31.0 Å². The van der Waals surface area contributed by atoms with Crippen molar-refractivity contribution in [2.45, 2.75) is 31.5 Å². The number of rotatable bonds is 3. The number of hydrogen-bond donors (Lipinski definition) is 1. The maximum atomic E-state index is 13.6. The van der Waals surface area contributed by atoms with E-state index in [2.05, 4.69) is 4.74 Å². The highest BCUT2D eigenvalue weighted by atomic mass is 32.2. The zero-order valence-corrected chi connectivity index (χ0v) is 9.80. The zero-order valence-electron chi connectivity index (χ0n) is 8.98. The fourth-order valence-corrected chi connectivity index (χ4v) is 3.11. The van der Waals surface area contributed by atoms with Crippen LogP contribution in [0.5, 0.6) is 0 Å². The molecule has 1 saturated heterocycles. The van der Waals surface area contributed by atoms with Gasteiger partial charge in [0, 0.05) is 0 Å². The molecule has 0 radical (unpaired) electrons. The molecule has 0 saturated carbocycles. The van der Waals surface area contributed by atoms with E-state index in [9.17, 15) is 22.7 Å². The summed E-state index contributed by atoms with van der Waals surface area (Å²) < 4.78 is 40.3. The summed E-state index contributed by atoms with van der Waals surface area (Å²) in [6.07, 6.45) is -2.71. The molecular formula is C9H15FO5S. The molecule has 16 heavy (non-hydrogen) atoms. The Hall–Kier alpha value is -0.690. The molecule has 1 heterocycles. The van der Waals surface area contributed by atoms with Crippen LogP contribution in [0.25, 0.3) is 0 Å². The normalized spacial score (nSPS) is 24.7. The third kappa shape index (κ3) is 2.91. The van der Waals surface area contributed by atoms with Crippen molar-refractivity contribution in [3.8, 4) is 0 Å². The number of halogens is 1. The summed E-state index contributed by atoms with van der Waals surface area (Å²) in [4.78, 5) is 11.1. The molecule has 1 aliphatic rings. The van der Waals surface area contributed by atoms with Gasteiger partial charge < -0.3 is 9.84 Å². The number of sulfone groups is 1. The Bertz CT molecular complexity index is 350. The van der Waals surface area contributed by atoms with Crippen molar-refractivity contribution in [1.82, 2.24) is 0 Å². The molecule has 7 heteroatoms. The van der Waals surface area contributed by atoms with Crippen LogP contribution in [0.3, 0.4) is 0 Å². The highest BCUT2D eigenvalue weighted by Gasteiger charge is 2.46. The first-order valence-electron chi connectivity index (χ1n) is 5.04. The number of ether oxygens (including phenoxy) is 1. The molecule has 0 aromatic carbocycles. The molecule has 0 aromatic rings. The van der Waals surface area contributed by atoms with Gasteiger partial charge in [0.05, 0.1) is 18.1 Å².